The fraction of sp³-hybridized carbons (Fsp3) is 0.615. The fourth-order valence-electron chi connectivity index (χ4n) is 7.19. The Morgan fingerprint density at radius 2 is 1.47 bits per heavy atom. The number of carboxylic acid groups (broad SMARTS) is 1. The molecule has 1 aromatic rings. The van der Waals surface area contributed by atoms with Crippen molar-refractivity contribution in [1.29, 1.82) is 0 Å². The first-order valence-electron chi connectivity index (χ1n) is 20.2. The molecule has 7 amide bonds. The number of primary amides is 1. The first-order valence-corrected chi connectivity index (χ1v) is 20.2. The average Bonchev–Trinajstić information content (AvgIpc) is 3.18. The molecule has 3 rings (SSSR count). The maximum atomic E-state index is 14.2. The third-order valence-electron chi connectivity index (χ3n) is 10.4. The molecule has 332 valence electrons. The van der Waals surface area contributed by atoms with E-state index in [0.29, 0.717) is 31.2 Å². The Morgan fingerprint density at radius 1 is 0.817 bits per heavy atom. The van der Waals surface area contributed by atoms with Gasteiger partial charge in [0, 0.05) is 25.4 Å². The lowest BCUT2D eigenvalue weighted by Crippen LogP contribution is -2.65. The van der Waals surface area contributed by atoms with Crippen molar-refractivity contribution < 1.29 is 48.6 Å². The number of aliphatic carboxylic acids is 1. The van der Waals surface area contributed by atoms with Crippen LogP contribution in [0.5, 0.6) is 5.75 Å². The van der Waals surface area contributed by atoms with E-state index in [4.69, 9.17) is 22.9 Å². The Balaban J connectivity index is 1.79. The highest BCUT2D eigenvalue weighted by molar-refractivity contribution is 5.98. The summed E-state index contributed by atoms with van der Waals surface area (Å²) in [6, 6.07) is -2.31. The second-order valence-electron chi connectivity index (χ2n) is 15.8. The van der Waals surface area contributed by atoms with E-state index in [1.165, 1.54) is 24.0 Å². The summed E-state index contributed by atoms with van der Waals surface area (Å²) < 4.78 is 0. The molecule has 1 aromatic carbocycles. The van der Waals surface area contributed by atoms with Gasteiger partial charge in [0.25, 0.3) is 0 Å². The number of aliphatic imine (C=N–C) groups is 1. The molecule has 0 aromatic heterocycles. The number of guanidine groups is 1. The van der Waals surface area contributed by atoms with Crippen molar-refractivity contribution >= 4 is 53.3 Å². The van der Waals surface area contributed by atoms with Gasteiger partial charge in [-0.1, -0.05) is 26.0 Å². The van der Waals surface area contributed by atoms with Crippen LogP contribution >= 0.6 is 0 Å². The van der Waals surface area contributed by atoms with E-state index >= 15 is 0 Å². The number of rotatable bonds is 22. The van der Waals surface area contributed by atoms with Crippen LogP contribution in [0.3, 0.4) is 0 Å². The number of carboxylic acids is 1. The van der Waals surface area contributed by atoms with Crippen molar-refractivity contribution in [2.45, 2.75) is 140 Å². The summed E-state index contributed by atoms with van der Waals surface area (Å²) >= 11 is 0. The van der Waals surface area contributed by atoms with Gasteiger partial charge in [0.2, 0.25) is 41.4 Å². The van der Waals surface area contributed by atoms with E-state index in [9.17, 15) is 48.6 Å². The zero-order chi connectivity index (χ0) is 44.7. The van der Waals surface area contributed by atoms with Gasteiger partial charge in [-0.05, 0) is 88.3 Å². The van der Waals surface area contributed by atoms with Crippen molar-refractivity contribution in [2.24, 2.45) is 33.8 Å². The minimum atomic E-state index is -1.41. The molecular formula is C39H61N11O10. The van der Waals surface area contributed by atoms with Crippen LogP contribution in [0.1, 0.15) is 90.5 Å². The average molecular weight is 844 g/mol. The predicted octanol–water partition coefficient (Wildman–Crippen LogP) is -2.30. The number of hydrogen-bond donors (Lipinski definition) is 11. The van der Waals surface area contributed by atoms with E-state index in [2.05, 4.69) is 31.6 Å². The molecule has 15 N–H and O–H groups in total. The third kappa shape index (κ3) is 15.0. The summed E-state index contributed by atoms with van der Waals surface area (Å²) in [6.45, 7) is 5.24. The molecule has 2 saturated heterocycles. The molecule has 2 heterocycles. The Bertz CT molecular complexity index is 1740. The third-order valence-corrected chi connectivity index (χ3v) is 10.4. The van der Waals surface area contributed by atoms with E-state index in [0.717, 1.165) is 0 Å². The molecule has 0 aliphatic carbocycles. The number of carbonyl (C=O) groups is 8. The lowest BCUT2D eigenvalue weighted by atomic mass is 9.86. The number of nitrogens with one attached hydrogen (secondary N) is 5. The lowest BCUT2D eigenvalue weighted by molar-refractivity contribution is -0.152. The summed E-state index contributed by atoms with van der Waals surface area (Å²) in [5, 5.41) is 32.3. The van der Waals surface area contributed by atoms with E-state index in [1.54, 1.807) is 26.0 Å². The van der Waals surface area contributed by atoms with E-state index in [1.807, 2.05) is 0 Å². The summed E-state index contributed by atoms with van der Waals surface area (Å²) in [7, 11) is 0. The Kier molecular flexibility index (Phi) is 18.5. The standard InChI is InChI=1S/C39H61N11O10/c1-20(2)18-28(35(57)45-21(3)32(41)54)49-34(56)26(15-16-31(52)53)46-37(59)30-8-4-6-23-11-14-27(38(60)50(23)30)47-36(58)29(19-22-9-12-24(51)13-10-22)48-33(55)25(40)7-5-17-44-39(42)43/h9-10,12-13,20-21,23,25-30,51H,4-8,11,14-19,40H2,1-3H3,(H2,41,54)(H,45,57)(H,46,59)(H,47,58)(H,48,55)(H,49,56)(H,52,53)(H4,42,43,44)/t21-,23?,25?,26-,27-,28-,29-,30?/m1/s1. The molecule has 21 nitrogen and oxygen atoms in total. The van der Waals surface area contributed by atoms with Crippen molar-refractivity contribution in [3.8, 4) is 5.75 Å². The molecular weight excluding hydrogens is 782 g/mol. The van der Waals surface area contributed by atoms with Gasteiger partial charge in [0.15, 0.2) is 5.96 Å². The van der Waals surface area contributed by atoms with Gasteiger partial charge in [-0.3, -0.25) is 43.3 Å². The zero-order valence-electron chi connectivity index (χ0n) is 34.4. The monoisotopic (exact) mass is 843 g/mol. The Labute approximate surface area is 348 Å². The molecule has 0 bridgehead atoms. The van der Waals surface area contributed by atoms with Gasteiger partial charge in [0.05, 0.1) is 6.04 Å². The highest BCUT2D eigenvalue weighted by Crippen LogP contribution is 2.31. The number of fused-ring (bicyclic) bond motifs is 1. The topological polar surface area (TPSA) is 357 Å². The first kappa shape index (κ1) is 48.4. The van der Waals surface area contributed by atoms with Crippen molar-refractivity contribution in [2.75, 3.05) is 6.54 Å². The van der Waals surface area contributed by atoms with Crippen molar-refractivity contribution in [3.05, 3.63) is 29.8 Å². The summed E-state index contributed by atoms with van der Waals surface area (Å²) in [5.41, 5.74) is 22.7. The van der Waals surface area contributed by atoms with Crippen LogP contribution in [0.4, 0.5) is 0 Å². The number of hydrogen-bond acceptors (Lipinski definition) is 11. The number of phenols is 1. The van der Waals surface area contributed by atoms with Crippen LogP contribution in [0.25, 0.3) is 0 Å². The number of nitrogens with zero attached hydrogens (tertiary/aromatic N) is 2. The maximum absolute atomic E-state index is 14.2. The van der Waals surface area contributed by atoms with Gasteiger partial charge in [0.1, 0.15) is 42.0 Å². The van der Waals surface area contributed by atoms with Gasteiger partial charge >= 0.3 is 5.97 Å². The summed E-state index contributed by atoms with van der Waals surface area (Å²) in [4.78, 5) is 110. The van der Waals surface area contributed by atoms with Crippen LogP contribution < -0.4 is 49.5 Å². The van der Waals surface area contributed by atoms with Crippen LogP contribution in [0.2, 0.25) is 0 Å². The molecule has 2 aliphatic heterocycles. The van der Waals surface area contributed by atoms with Crippen LogP contribution in [-0.2, 0) is 44.8 Å². The number of benzene rings is 1. The molecule has 3 unspecified atom stereocenters. The molecule has 0 saturated carbocycles. The molecule has 60 heavy (non-hydrogen) atoms. The van der Waals surface area contributed by atoms with Crippen LogP contribution in [-0.4, -0.2) is 123 Å². The second kappa shape index (κ2) is 23.0. The first-order chi connectivity index (χ1) is 28.3. The number of carbonyl (C=O) groups excluding carboxylic acids is 7. The minimum absolute atomic E-state index is 0.00245. The van der Waals surface area contributed by atoms with Gasteiger partial charge in [-0.2, -0.15) is 0 Å². The van der Waals surface area contributed by atoms with Crippen LogP contribution in [0, 0.1) is 5.92 Å². The number of aromatic hydroxyl groups is 1. The predicted molar refractivity (Wildman–Crippen MR) is 218 cm³/mol. The van der Waals surface area contributed by atoms with Gasteiger partial charge in [-0.15, -0.1) is 0 Å². The summed E-state index contributed by atoms with van der Waals surface area (Å²) in [6.07, 6.45) is 1.91. The zero-order valence-corrected chi connectivity index (χ0v) is 34.4. The maximum Gasteiger partial charge on any atom is 0.303 e. The highest BCUT2D eigenvalue weighted by Gasteiger charge is 2.45. The smallest absolute Gasteiger partial charge is 0.303 e. The Morgan fingerprint density at radius 3 is 2.08 bits per heavy atom. The van der Waals surface area contributed by atoms with Crippen molar-refractivity contribution in [3.63, 3.8) is 0 Å². The minimum Gasteiger partial charge on any atom is -0.508 e. The molecule has 0 radical (unpaired) electrons. The second-order valence-corrected chi connectivity index (χ2v) is 15.8. The SMILES string of the molecule is CC(C)C[C@@H](NC(=O)[C@@H](CCC(=O)O)NC(=O)C1CCCC2CC[C@@H](NC(=O)[C@@H](Cc3ccc(O)cc3)NC(=O)C(N)CCCN=C(N)N)C(=O)N21)C(=O)N[C@H](C)C(N)=O. The quantitative estimate of drug-likeness (QED) is 0.0333. The van der Waals surface area contributed by atoms with Crippen molar-refractivity contribution in [1.82, 2.24) is 31.5 Å². The molecule has 21 heteroatoms. The lowest BCUT2D eigenvalue weighted by Gasteiger charge is -2.46. The van der Waals surface area contributed by atoms with E-state index < -0.39 is 96.0 Å². The number of piperidine rings is 2. The van der Waals surface area contributed by atoms with Gasteiger partial charge < -0.3 is 64.6 Å². The fourth-order valence-corrected chi connectivity index (χ4v) is 7.19. The number of phenolic OH excluding ortho intramolecular Hbond substituents is 1. The highest BCUT2D eigenvalue weighted by atomic mass is 16.4. The molecule has 2 aliphatic rings. The Hall–Kier alpha value is -5.99. The molecule has 0 spiro atoms. The van der Waals surface area contributed by atoms with Gasteiger partial charge in [-0.25, -0.2) is 0 Å². The molecule has 8 atom stereocenters. The number of amides is 7. The van der Waals surface area contributed by atoms with E-state index in [-0.39, 0.29) is 68.7 Å². The number of nitrogens with two attached hydrogens (primary N) is 4. The summed E-state index contributed by atoms with van der Waals surface area (Å²) in [5.74, 6) is -6.34. The largest absolute Gasteiger partial charge is 0.508 e. The molecule has 2 fully saturated rings. The van der Waals surface area contributed by atoms with Crippen LogP contribution in [0.15, 0.2) is 29.3 Å². The normalized spacial score (nSPS) is 19.9.